The maximum absolute atomic E-state index is 13.8. The van der Waals surface area contributed by atoms with Crippen molar-refractivity contribution in [3.63, 3.8) is 0 Å². The molecule has 0 bridgehead atoms. The number of anilines is 1. The van der Waals surface area contributed by atoms with Crippen molar-refractivity contribution >= 4 is 5.69 Å². The van der Waals surface area contributed by atoms with E-state index in [9.17, 15) is 4.39 Å². The van der Waals surface area contributed by atoms with Gasteiger partial charge in [0.2, 0.25) is 0 Å². The summed E-state index contributed by atoms with van der Waals surface area (Å²) >= 11 is 0. The van der Waals surface area contributed by atoms with Crippen molar-refractivity contribution in [2.24, 2.45) is 5.73 Å². The normalized spacial score (nSPS) is 21.5. The molecule has 1 fully saturated rings. The Hall–Kier alpha value is -1.09. The summed E-state index contributed by atoms with van der Waals surface area (Å²) in [5.41, 5.74) is 8.81. The lowest BCUT2D eigenvalue weighted by Crippen LogP contribution is -2.40. The fraction of sp³-hybridized carbons (Fsp3) is 0.625. The van der Waals surface area contributed by atoms with Gasteiger partial charge in [-0.3, -0.25) is 0 Å². The second-order valence-corrected chi connectivity index (χ2v) is 5.70. The zero-order valence-electron chi connectivity index (χ0n) is 12.2. The highest BCUT2D eigenvalue weighted by Crippen LogP contribution is 2.33. The van der Waals surface area contributed by atoms with Crippen LogP contribution in [0.5, 0.6) is 0 Å². The van der Waals surface area contributed by atoms with Crippen LogP contribution in [0.4, 0.5) is 10.1 Å². The van der Waals surface area contributed by atoms with Crippen LogP contribution >= 0.6 is 0 Å². The molecule has 1 heterocycles. The predicted octanol–water partition coefficient (Wildman–Crippen LogP) is 3.92. The molecule has 2 nitrogen and oxygen atoms in total. The van der Waals surface area contributed by atoms with Gasteiger partial charge in [-0.05, 0) is 62.8 Å². The van der Waals surface area contributed by atoms with Gasteiger partial charge in [-0.1, -0.05) is 6.92 Å². The minimum atomic E-state index is -0.152. The number of nitrogens with zero attached hydrogens (tertiary/aromatic N) is 1. The minimum absolute atomic E-state index is 0.135. The number of halogens is 1. The van der Waals surface area contributed by atoms with Crippen molar-refractivity contribution in [2.45, 2.75) is 58.5 Å². The summed E-state index contributed by atoms with van der Waals surface area (Å²) in [6.45, 7) is 7.04. The molecule has 0 saturated carbocycles. The molecule has 2 atom stereocenters. The number of aryl methyl sites for hydroxylation is 1. The van der Waals surface area contributed by atoms with Gasteiger partial charge in [0.15, 0.2) is 0 Å². The van der Waals surface area contributed by atoms with E-state index in [0.717, 1.165) is 24.2 Å². The third-order valence-electron chi connectivity index (χ3n) is 4.21. The third-order valence-corrected chi connectivity index (χ3v) is 4.21. The van der Waals surface area contributed by atoms with Gasteiger partial charge in [0.1, 0.15) is 5.82 Å². The molecule has 1 saturated heterocycles. The van der Waals surface area contributed by atoms with Crippen LogP contribution in [0.1, 0.15) is 56.7 Å². The molecule has 0 amide bonds. The van der Waals surface area contributed by atoms with E-state index in [0.29, 0.717) is 11.6 Å². The molecule has 0 aliphatic carbocycles. The van der Waals surface area contributed by atoms with Crippen molar-refractivity contribution in [3.05, 3.63) is 29.1 Å². The van der Waals surface area contributed by atoms with E-state index >= 15 is 0 Å². The predicted molar refractivity (Wildman–Crippen MR) is 79.0 cm³/mol. The Balaban J connectivity index is 2.44. The first-order valence-corrected chi connectivity index (χ1v) is 7.36. The average molecular weight is 264 g/mol. The first-order chi connectivity index (χ1) is 9.04. The molecule has 1 aromatic carbocycles. The van der Waals surface area contributed by atoms with E-state index in [1.807, 2.05) is 19.9 Å². The van der Waals surface area contributed by atoms with Crippen molar-refractivity contribution < 1.29 is 4.39 Å². The Kier molecular flexibility index (Phi) is 4.46. The fourth-order valence-corrected chi connectivity index (χ4v) is 3.04. The number of piperidine rings is 1. The highest BCUT2D eigenvalue weighted by molar-refractivity contribution is 5.58. The first kappa shape index (κ1) is 14.3. The zero-order valence-corrected chi connectivity index (χ0v) is 12.2. The zero-order chi connectivity index (χ0) is 14.0. The molecule has 2 N–H and O–H groups in total. The summed E-state index contributed by atoms with van der Waals surface area (Å²) in [6, 6.07) is 4.03. The van der Waals surface area contributed by atoms with E-state index in [-0.39, 0.29) is 11.9 Å². The molecular weight excluding hydrogens is 239 g/mol. The lowest BCUT2D eigenvalue weighted by molar-refractivity contribution is 0.448. The van der Waals surface area contributed by atoms with Crippen molar-refractivity contribution in [1.82, 2.24) is 0 Å². The first-order valence-electron chi connectivity index (χ1n) is 7.36. The van der Waals surface area contributed by atoms with Gasteiger partial charge in [0, 0.05) is 24.3 Å². The molecule has 1 unspecified atom stereocenters. The molecule has 0 radical (unpaired) electrons. The molecule has 1 aliphatic rings. The fourth-order valence-electron chi connectivity index (χ4n) is 3.04. The third kappa shape index (κ3) is 2.92. The van der Waals surface area contributed by atoms with E-state index in [1.54, 1.807) is 6.07 Å². The van der Waals surface area contributed by atoms with E-state index in [1.165, 1.54) is 19.3 Å². The minimum Gasteiger partial charge on any atom is -0.368 e. The van der Waals surface area contributed by atoms with Crippen molar-refractivity contribution in [1.29, 1.82) is 0 Å². The summed E-state index contributed by atoms with van der Waals surface area (Å²) in [6.07, 6.45) is 4.87. The average Bonchev–Trinajstić information content (AvgIpc) is 2.41. The number of nitrogens with two attached hydrogens (primary N) is 1. The Morgan fingerprint density at radius 1 is 1.42 bits per heavy atom. The second kappa shape index (κ2) is 5.91. The number of benzene rings is 1. The number of hydrogen-bond acceptors (Lipinski definition) is 2. The number of rotatable bonds is 3. The van der Waals surface area contributed by atoms with Gasteiger partial charge >= 0.3 is 0 Å². The summed E-state index contributed by atoms with van der Waals surface area (Å²) < 4.78 is 13.8. The van der Waals surface area contributed by atoms with Crippen LogP contribution in [0.2, 0.25) is 0 Å². The summed E-state index contributed by atoms with van der Waals surface area (Å²) in [4.78, 5) is 2.44. The maximum atomic E-state index is 13.8. The lowest BCUT2D eigenvalue weighted by atomic mass is 9.95. The van der Waals surface area contributed by atoms with Crippen LogP contribution < -0.4 is 10.6 Å². The molecule has 19 heavy (non-hydrogen) atoms. The topological polar surface area (TPSA) is 29.3 Å². The molecule has 0 spiro atoms. The largest absolute Gasteiger partial charge is 0.368 e. The van der Waals surface area contributed by atoms with Crippen LogP contribution in [0.25, 0.3) is 0 Å². The Morgan fingerprint density at radius 2 is 2.16 bits per heavy atom. The monoisotopic (exact) mass is 264 g/mol. The SMILES string of the molecule is CCC1CCCCN1c1cc(C)c(F)cc1[C@@H](C)N. The van der Waals surface area contributed by atoms with Gasteiger partial charge in [0.05, 0.1) is 0 Å². The summed E-state index contributed by atoms with van der Waals surface area (Å²) in [7, 11) is 0. The van der Waals surface area contributed by atoms with Gasteiger partial charge < -0.3 is 10.6 Å². The van der Waals surface area contributed by atoms with Gasteiger partial charge in [0.25, 0.3) is 0 Å². The molecular formula is C16H25FN2. The van der Waals surface area contributed by atoms with Crippen LogP contribution in [0.3, 0.4) is 0 Å². The number of hydrogen-bond donors (Lipinski definition) is 1. The second-order valence-electron chi connectivity index (χ2n) is 5.70. The van der Waals surface area contributed by atoms with E-state index < -0.39 is 0 Å². The molecule has 1 aliphatic heterocycles. The smallest absolute Gasteiger partial charge is 0.126 e. The Bertz CT molecular complexity index is 443. The molecule has 2 rings (SSSR count). The summed E-state index contributed by atoms with van der Waals surface area (Å²) in [5, 5.41) is 0. The van der Waals surface area contributed by atoms with Crippen LogP contribution in [0.15, 0.2) is 12.1 Å². The highest BCUT2D eigenvalue weighted by atomic mass is 19.1. The summed E-state index contributed by atoms with van der Waals surface area (Å²) in [5.74, 6) is -0.152. The molecule has 3 heteroatoms. The molecule has 106 valence electrons. The van der Waals surface area contributed by atoms with E-state index in [2.05, 4.69) is 11.8 Å². The van der Waals surface area contributed by atoms with Gasteiger partial charge in [-0.15, -0.1) is 0 Å². The molecule has 1 aromatic rings. The van der Waals surface area contributed by atoms with Crippen LogP contribution in [-0.2, 0) is 0 Å². The van der Waals surface area contributed by atoms with Crippen molar-refractivity contribution in [2.75, 3.05) is 11.4 Å². The van der Waals surface area contributed by atoms with Crippen LogP contribution in [0, 0.1) is 12.7 Å². The van der Waals surface area contributed by atoms with Gasteiger partial charge in [-0.2, -0.15) is 0 Å². The maximum Gasteiger partial charge on any atom is 0.126 e. The molecule has 0 aromatic heterocycles. The van der Waals surface area contributed by atoms with Gasteiger partial charge in [-0.25, -0.2) is 4.39 Å². The quantitative estimate of drug-likeness (QED) is 0.896. The standard InChI is InChI=1S/C16H25FN2/c1-4-13-7-5-6-8-19(13)16-9-11(2)15(17)10-14(16)12(3)18/h9-10,12-13H,4-8,18H2,1-3H3/t12-,13?/m1/s1. The lowest BCUT2D eigenvalue weighted by Gasteiger charge is -2.39. The Labute approximate surface area is 115 Å². The van der Waals surface area contributed by atoms with E-state index in [4.69, 9.17) is 5.73 Å². The van der Waals surface area contributed by atoms with Crippen LogP contribution in [-0.4, -0.2) is 12.6 Å². The highest BCUT2D eigenvalue weighted by Gasteiger charge is 2.24. The van der Waals surface area contributed by atoms with Crippen molar-refractivity contribution in [3.8, 4) is 0 Å². The Morgan fingerprint density at radius 3 is 2.79 bits per heavy atom.